The average molecular weight is 428 g/mol. The van der Waals surface area contributed by atoms with Crippen LogP contribution in [0.15, 0.2) is 84.7 Å². The Balaban J connectivity index is 1.81. The second kappa shape index (κ2) is 9.06. The molecule has 32 heavy (non-hydrogen) atoms. The van der Waals surface area contributed by atoms with E-state index in [0.717, 1.165) is 5.56 Å². The van der Waals surface area contributed by atoms with Crippen molar-refractivity contribution in [1.82, 2.24) is 9.88 Å². The largest absolute Gasteiger partial charge is 0.507 e. The summed E-state index contributed by atoms with van der Waals surface area (Å²) >= 11 is 0. The van der Waals surface area contributed by atoms with Gasteiger partial charge in [0.05, 0.1) is 17.7 Å². The molecular weight excluding hydrogens is 404 g/mol. The van der Waals surface area contributed by atoms with Crippen LogP contribution in [-0.4, -0.2) is 32.8 Å². The number of ether oxygens (including phenoxy) is 1. The summed E-state index contributed by atoms with van der Waals surface area (Å²) in [6.07, 6.45) is 3.33. The molecule has 1 saturated heterocycles. The smallest absolute Gasteiger partial charge is 0.295 e. The Morgan fingerprint density at radius 3 is 2.38 bits per heavy atom. The summed E-state index contributed by atoms with van der Waals surface area (Å²) in [4.78, 5) is 31.7. The zero-order chi connectivity index (χ0) is 22.7. The molecule has 4 rings (SSSR count). The van der Waals surface area contributed by atoms with Crippen molar-refractivity contribution in [3.63, 3.8) is 0 Å². The Morgan fingerprint density at radius 2 is 1.75 bits per heavy atom. The molecule has 0 radical (unpaired) electrons. The van der Waals surface area contributed by atoms with Gasteiger partial charge in [-0.3, -0.25) is 14.6 Å². The van der Waals surface area contributed by atoms with Crippen LogP contribution in [-0.2, 0) is 16.1 Å². The molecule has 0 bridgehead atoms. The first-order chi connectivity index (χ1) is 15.5. The van der Waals surface area contributed by atoms with E-state index in [9.17, 15) is 14.7 Å². The number of hydrogen-bond acceptors (Lipinski definition) is 5. The molecule has 0 saturated carbocycles. The molecule has 1 amide bonds. The second-order valence-electron chi connectivity index (χ2n) is 7.89. The number of nitrogens with zero attached hydrogens (tertiary/aromatic N) is 2. The third-order valence-corrected chi connectivity index (χ3v) is 5.23. The highest BCUT2D eigenvalue weighted by Crippen LogP contribution is 2.40. The van der Waals surface area contributed by atoms with Gasteiger partial charge in [-0.15, -0.1) is 0 Å². The number of benzene rings is 2. The van der Waals surface area contributed by atoms with E-state index >= 15 is 0 Å². The zero-order valence-electron chi connectivity index (χ0n) is 17.9. The van der Waals surface area contributed by atoms with E-state index in [1.807, 2.05) is 50.2 Å². The Labute approximate surface area is 186 Å². The van der Waals surface area contributed by atoms with Crippen LogP contribution in [0.2, 0.25) is 0 Å². The quantitative estimate of drug-likeness (QED) is 0.355. The lowest BCUT2D eigenvalue weighted by atomic mass is 9.95. The van der Waals surface area contributed by atoms with Crippen molar-refractivity contribution >= 4 is 17.4 Å². The normalized spacial score (nSPS) is 17.7. The topological polar surface area (TPSA) is 79.7 Å². The van der Waals surface area contributed by atoms with Gasteiger partial charge < -0.3 is 14.7 Å². The third-order valence-electron chi connectivity index (χ3n) is 5.23. The maximum atomic E-state index is 13.1. The van der Waals surface area contributed by atoms with E-state index in [-0.39, 0.29) is 24.0 Å². The van der Waals surface area contributed by atoms with Crippen LogP contribution in [0.4, 0.5) is 0 Å². The summed E-state index contributed by atoms with van der Waals surface area (Å²) in [5, 5.41) is 11.0. The highest BCUT2D eigenvalue weighted by molar-refractivity contribution is 6.46. The monoisotopic (exact) mass is 428 g/mol. The van der Waals surface area contributed by atoms with E-state index in [0.29, 0.717) is 16.9 Å². The van der Waals surface area contributed by atoms with Crippen LogP contribution < -0.4 is 4.74 Å². The lowest BCUT2D eigenvalue weighted by Gasteiger charge is -2.25. The maximum Gasteiger partial charge on any atom is 0.295 e. The molecule has 2 aromatic carbocycles. The lowest BCUT2D eigenvalue weighted by Crippen LogP contribution is -2.29. The van der Waals surface area contributed by atoms with Crippen molar-refractivity contribution in [2.24, 2.45) is 0 Å². The molecule has 1 aliphatic heterocycles. The van der Waals surface area contributed by atoms with E-state index in [1.54, 1.807) is 42.7 Å². The van der Waals surface area contributed by atoms with Gasteiger partial charge in [0.15, 0.2) is 0 Å². The number of carbonyl (C=O) groups excluding carboxylic acids is 2. The van der Waals surface area contributed by atoms with E-state index in [2.05, 4.69) is 4.98 Å². The summed E-state index contributed by atoms with van der Waals surface area (Å²) in [5.74, 6) is -0.859. The van der Waals surface area contributed by atoms with Crippen molar-refractivity contribution in [3.05, 3.63) is 101 Å². The molecule has 0 spiro atoms. The fourth-order valence-corrected chi connectivity index (χ4v) is 3.83. The number of pyridine rings is 1. The third kappa shape index (κ3) is 4.25. The van der Waals surface area contributed by atoms with Crippen LogP contribution >= 0.6 is 0 Å². The van der Waals surface area contributed by atoms with Gasteiger partial charge in [-0.2, -0.15) is 0 Å². The maximum absolute atomic E-state index is 13.1. The van der Waals surface area contributed by atoms with Crippen molar-refractivity contribution in [3.8, 4) is 5.75 Å². The van der Waals surface area contributed by atoms with Crippen LogP contribution in [0.3, 0.4) is 0 Å². The van der Waals surface area contributed by atoms with Crippen molar-refractivity contribution in [2.45, 2.75) is 32.5 Å². The second-order valence-corrected chi connectivity index (χ2v) is 7.89. The summed E-state index contributed by atoms with van der Waals surface area (Å²) in [6, 6.07) is 18.9. The first-order valence-electron chi connectivity index (χ1n) is 10.4. The molecule has 0 unspecified atom stereocenters. The van der Waals surface area contributed by atoms with Crippen LogP contribution in [0, 0.1) is 0 Å². The van der Waals surface area contributed by atoms with E-state index < -0.39 is 17.7 Å². The minimum Gasteiger partial charge on any atom is -0.507 e. The molecule has 3 aromatic rings. The highest BCUT2D eigenvalue weighted by Gasteiger charge is 2.46. The molecule has 1 aromatic heterocycles. The Bertz CT molecular complexity index is 1140. The molecule has 6 heteroatoms. The number of amides is 1. The number of aromatic nitrogens is 1. The number of aliphatic hydroxyl groups excluding tert-OH is 1. The Morgan fingerprint density at radius 1 is 1.03 bits per heavy atom. The van der Waals surface area contributed by atoms with Crippen molar-refractivity contribution in [2.75, 3.05) is 0 Å². The molecule has 162 valence electrons. The first-order valence-corrected chi connectivity index (χ1v) is 10.4. The van der Waals surface area contributed by atoms with Gasteiger partial charge in [-0.1, -0.05) is 48.5 Å². The number of Topliss-reactive ketones (excluding diaryl/α,β-unsaturated/α-hetero) is 1. The molecule has 0 aliphatic carbocycles. The van der Waals surface area contributed by atoms with Crippen molar-refractivity contribution in [1.29, 1.82) is 0 Å². The SMILES string of the molecule is CC(C)Oc1ccc([C@@H]2/C(=C(\O)c3ccccc3)C(=O)C(=O)N2Cc2cccnc2)cc1. The van der Waals surface area contributed by atoms with E-state index in [4.69, 9.17) is 4.74 Å². The van der Waals surface area contributed by atoms with Gasteiger partial charge in [0.1, 0.15) is 11.5 Å². The van der Waals surface area contributed by atoms with Gasteiger partial charge in [-0.25, -0.2) is 0 Å². The highest BCUT2D eigenvalue weighted by atomic mass is 16.5. The van der Waals surface area contributed by atoms with Crippen LogP contribution in [0.1, 0.15) is 36.6 Å². The molecule has 1 aliphatic rings. The average Bonchev–Trinajstić information content (AvgIpc) is 3.05. The molecule has 1 N–H and O–H groups in total. The summed E-state index contributed by atoms with van der Waals surface area (Å²) < 4.78 is 5.72. The van der Waals surface area contributed by atoms with Crippen LogP contribution in [0.5, 0.6) is 5.75 Å². The first kappa shape index (κ1) is 21.3. The van der Waals surface area contributed by atoms with Crippen molar-refractivity contribution < 1.29 is 19.4 Å². The van der Waals surface area contributed by atoms with Gasteiger partial charge >= 0.3 is 0 Å². The van der Waals surface area contributed by atoms with Crippen LogP contribution in [0.25, 0.3) is 5.76 Å². The number of aliphatic hydroxyl groups is 1. The number of ketones is 1. The minimum absolute atomic E-state index is 0.0233. The number of rotatable bonds is 6. The summed E-state index contributed by atoms with van der Waals surface area (Å²) in [5.41, 5.74) is 2.06. The lowest BCUT2D eigenvalue weighted by molar-refractivity contribution is -0.140. The fraction of sp³-hybridized carbons (Fsp3) is 0.192. The molecule has 1 atom stereocenters. The molecule has 6 nitrogen and oxygen atoms in total. The van der Waals surface area contributed by atoms with E-state index in [1.165, 1.54) is 4.90 Å². The summed E-state index contributed by atoms with van der Waals surface area (Å²) in [6.45, 7) is 4.08. The predicted octanol–water partition coefficient (Wildman–Crippen LogP) is 4.49. The standard InChI is InChI=1S/C26H24N2O4/c1-17(2)32-21-12-10-19(11-13-21)23-22(24(29)20-8-4-3-5-9-20)25(30)26(31)28(23)16-18-7-6-14-27-15-18/h3-15,17,23,29H,16H2,1-2H3/b24-22+/t23-/m1/s1. The molecule has 2 heterocycles. The van der Waals surface area contributed by atoms with Gasteiger partial charge in [0.25, 0.3) is 11.7 Å². The van der Waals surface area contributed by atoms with Gasteiger partial charge in [0, 0.05) is 24.5 Å². The number of carbonyl (C=O) groups is 2. The minimum atomic E-state index is -0.733. The zero-order valence-corrected chi connectivity index (χ0v) is 17.9. The summed E-state index contributed by atoms with van der Waals surface area (Å²) in [7, 11) is 0. The fourth-order valence-electron chi connectivity index (χ4n) is 3.83. The molecule has 1 fully saturated rings. The van der Waals surface area contributed by atoms with Gasteiger partial charge in [-0.05, 0) is 43.2 Å². The number of hydrogen-bond donors (Lipinski definition) is 1. The Kier molecular flexibility index (Phi) is 6.03. The number of likely N-dealkylation sites (tertiary alicyclic amines) is 1. The predicted molar refractivity (Wildman–Crippen MR) is 121 cm³/mol. The molecular formula is C26H24N2O4. The van der Waals surface area contributed by atoms with Gasteiger partial charge in [0.2, 0.25) is 0 Å². The Hall–Kier alpha value is -3.93.